The molecule has 0 saturated heterocycles. The Kier molecular flexibility index (Phi) is 4.07. The van der Waals surface area contributed by atoms with Gasteiger partial charge in [-0.1, -0.05) is 25.1 Å². The first-order valence-electron chi connectivity index (χ1n) is 8.97. The van der Waals surface area contributed by atoms with Crippen molar-refractivity contribution in [1.82, 2.24) is 4.31 Å². The highest BCUT2D eigenvalue weighted by molar-refractivity contribution is 7.90. The van der Waals surface area contributed by atoms with Crippen LogP contribution in [0.1, 0.15) is 51.6 Å². The molecule has 2 amide bonds. The minimum Gasteiger partial charge on any atom is -0.321 e. The van der Waals surface area contributed by atoms with Crippen molar-refractivity contribution in [1.29, 1.82) is 0 Å². The van der Waals surface area contributed by atoms with Crippen LogP contribution in [0.5, 0.6) is 0 Å². The van der Waals surface area contributed by atoms with Gasteiger partial charge < -0.3 is 5.32 Å². The maximum atomic E-state index is 12.8. The summed E-state index contributed by atoms with van der Waals surface area (Å²) in [6.07, 6.45) is 2.15. The van der Waals surface area contributed by atoms with Crippen molar-refractivity contribution in [2.45, 2.75) is 44.0 Å². The zero-order chi connectivity index (χ0) is 19.3. The maximum absolute atomic E-state index is 12.8. The number of anilines is 1. The van der Waals surface area contributed by atoms with Crippen LogP contribution in [0, 0.1) is 6.92 Å². The Hall–Kier alpha value is -2.67. The number of para-hydroxylation sites is 1. The van der Waals surface area contributed by atoms with E-state index in [1.807, 2.05) is 32.0 Å². The van der Waals surface area contributed by atoms with Gasteiger partial charge in [0.2, 0.25) is 0 Å². The zero-order valence-corrected chi connectivity index (χ0v) is 16.0. The lowest BCUT2D eigenvalue weighted by Crippen LogP contribution is -2.31. The van der Waals surface area contributed by atoms with E-state index in [1.165, 1.54) is 18.2 Å². The summed E-state index contributed by atoms with van der Waals surface area (Å²) < 4.78 is 26.4. The molecule has 2 aliphatic rings. The number of amides is 2. The number of sulfonamides is 1. The lowest BCUT2D eigenvalue weighted by molar-refractivity contribution is 0.0864. The molecule has 0 unspecified atom stereocenters. The summed E-state index contributed by atoms with van der Waals surface area (Å²) in [5.74, 6) is -0.888. The molecule has 2 aromatic carbocycles. The summed E-state index contributed by atoms with van der Waals surface area (Å²) >= 11 is 0. The van der Waals surface area contributed by atoms with E-state index in [4.69, 9.17) is 0 Å². The van der Waals surface area contributed by atoms with Gasteiger partial charge >= 0.3 is 0 Å². The second-order valence-corrected chi connectivity index (χ2v) is 8.75. The third-order valence-electron chi connectivity index (χ3n) is 5.07. The van der Waals surface area contributed by atoms with E-state index < -0.39 is 21.8 Å². The normalized spacial score (nSPS) is 17.7. The van der Waals surface area contributed by atoms with E-state index in [-0.39, 0.29) is 22.1 Å². The van der Waals surface area contributed by atoms with Crippen LogP contribution in [0.2, 0.25) is 0 Å². The quantitative estimate of drug-likeness (QED) is 0.878. The summed E-state index contributed by atoms with van der Waals surface area (Å²) in [7, 11) is -3.88. The van der Waals surface area contributed by atoms with Gasteiger partial charge in [-0.2, -0.15) is 0 Å². The van der Waals surface area contributed by atoms with E-state index in [9.17, 15) is 18.0 Å². The van der Waals surface area contributed by atoms with Crippen molar-refractivity contribution < 1.29 is 18.0 Å². The fraction of sp³-hybridized carbons (Fsp3) is 0.300. The van der Waals surface area contributed by atoms with Crippen LogP contribution in [0.15, 0.2) is 41.3 Å². The highest BCUT2D eigenvalue weighted by Crippen LogP contribution is 2.39. The third kappa shape index (κ3) is 2.82. The molecule has 1 aliphatic carbocycles. The van der Waals surface area contributed by atoms with Gasteiger partial charge in [0.1, 0.15) is 4.90 Å². The molecule has 4 rings (SSSR count). The highest BCUT2D eigenvalue weighted by Gasteiger charge is 2.48. The van der Waals surface area contributed by atoms with Crippen LogP contribution < -0.4 is 5.32 Å². The number of hydrogen-bond acceptors (Lipinski definition) is 4. The average molecular weight is 384 g/mol. The van der Waals surface area contributed by atoms with Crippen molar-refractivity contribution in [3.8, 4) is 0 Å². The fourth-order valence-corrected chi connectivity index (χ4v) is 5.29. The lowest BCUT2D eigenvalue weighted by Gasteiger charge is -2.14. The maximum Gasteiger partial charge on any atom is 0.269 e. The molecule has 2 aromatic rings. The molecule has 140 valence electrons. The summed E-state index contributed by atoms with van der Waals surface area (Å²) in [6, 6.07) is 9.79. The molecule has 1 saturated carbocycles. The average Bonchev–Trinajstić information content (AvgIpc) is 3.44. The molecule has 0 radical (unpaired) electrons. The number of nitrogens with one attached hydrogen (secondary N) is 1. The van der Waals surface area contributed by atoms with Crippen LogP contribution in [-0.4, -0.2) is 30.6 Å². The molecule has 1 aliphatic heterocycles. The van der Waals surface area contributed by atoms with Crippen LogP contribution in [-0.2, 0) is 16.4 Å². The molecule has 0 aromatic heterocycles. The van der Waals surface area contributed by atoms with Gasteiger partial charge in [-0.15, -0.1) is 0 Å². The smallest absolute Gasteiger partial charge is 0.269 e. The van der Waals surface area contributed by atoms with Crippen molar-refractivity contribution in [3.63, 3.8) is 0 Å². The fourth-order valence-electron chi connectivity index (χ4n) is 3.45. The molecular weight excluding hydrogens is 364 g/mol. The standard InChI is InChI=1S/C20H20N2O4S/c1-3-13-6-4-5-12(2)18(13)21-19(23)14-7-10-16-17(11-14)27(25,26)22(20(16)24)15-8-9-15/h4-7,10-11,15H,3,8-9H2,1-2H3,(H,21,23). The Morgan fingerprint density at radius 2 is 1.96 bits per heavy atom. The van der Waals surface area contributed by atoms with Crippen LogP contribution in [0.3, 0.4) is 0 Å². The minimum atomic E-state index is -3.88. The molecule has 1 heterocycles. The van der Waals surface area contributed by atoms with E-state index in [1.54, 1.807) is 0 Å². The lowest BCUT2D eigenvalue weighted by atomic mass is 10.0. The number of rotatable bonds is 4. The van der Waals surface area contributed by atoms with E-state index in [0.717, 1.165) is 27.5 Å². The molecule has 1 N–H and O–H groups in total. The van der Waals surface area contributed by atoms with Crippen molar-refractivity contribution in [2.24, 2.45) is 0 Å². The Morgan fingerprint density at radius 1 is 1.22 bits per heavy atom. The summed E-state index contributed by atoms with van der Waals surface area (Å²) in [6.45, 7) is 3.92. The Bertz CT molecular complexity index is 1070. The summed E-state index contributed by atoms with van der Waals surface area (Å²) in [5.41, 5.74) is 3.04. The van der Waals surface area contributed by atoms with Crippen LogP contribution in [0.25, 0.3) is 0 Å². The minimum absolute atomic E-state index is 0.0763. The van der Waals surface area contributed by atoms with Gasteiger partial charge in [0.25, 0.3) is 21.8 Å². The van der Waals surface area contributed by atoms with E-state index in [0.29, 0.717) is 12.8 Å². The number of fused-ring (bicyclic) bond motifs is 1. The van der Waals surface area contributed by atoms with Gasteiger partial charge in [0, 0.05) is 17.3 Å². The number of carbonyl (C=O) groups is 2. The first-order valence-corrected chi connectivity index (χ1v) is 10.4. The van der Waals surface area contributed by atoms with Crippen LogP contribution >= 0.6 is 0 Å². The molecule has 0 spiro atoms. The molecule has 1 fully saturated rings. The molecular formula is C20H20N2O4S. The number of carbonyl (C=O) groups excluding carboxylic acids is 2. The van der Waals surface area contributed by atoms with Crippen molar-refractivity contribution in [3.05, 3.63) is 58.7 Å². The molecule has 0 bridgehead atoms. The van der Waals surface area contributed by atoms with E-state index >= 15 is 0 Å². The van der Waals surface area contributed by atoms with Gasteiger partial charge in [-0.25, -0.2) is 12.7 Å². The van der Waals surface area contributed by atoms with Gasteiger partial charge in [-0.3, -0.25) is 9.59 Å². The molecule has 7 heteroatoms. The highest BCUT2D eigenvalue weighted by atomic mass is 32.2. The number of benzene rings is 2. The van der Waals surface area contributed by atoms with Crippen molar-refractivity contribution in [2.75, 3.05) is 5.32 Å². The number of hydrogen-bond donors (Lipinski definition) is 1. The van der Waals surface area contributed by atoms with Crippen molar-refractivity contribution >= 4 is 27.5 Å². The molecule has 27 heavy (non-hydrogen) atoms. The van der Waals surface area contributed by atoms with E-state index in [2.05, 4.69) is 5.32 Å². The SMILES string of the molecule is CCc1cccc(C)c1NC(=O)c1ccc2c(c1)S(=O)(=O)N(C1CC1)C2=O. The first-order chi connectivity index (χ1) is 12.8. The monoisotopic (exact) mass is 384 g/mol. The summed E-state index contributed by atoms with van der Waals surface area (Å²) in [5, 5.41) is 2.89. The van der Waals surface area contributed by atoms with Gasteiger partial charge in [-0.05, 0) is 55.5 Å². The second-order valence-electron chi connectivity index (χ2n) is 6.96. The van der Waals surface area contributed by atoms with Crippen LogP contribution in [0.4, 0.5) is 5.69 Å². The zero-order valence-electron chi connectivity index (χ0n) is 15.2. The summed E-state index contributed by atoms with van der Waals surface area (Å²) in [4.78, 5) is 25.1. The molecule has 0 atom stereocenters. The Morgan fingerprint density at radius 3 is 2.63 bits per heavy atom. The predicted octanol–water partition coefficient (Wildman–Crippen LogP) is 3.12. The number of aryl methyl sites for hydroxylation is 2. The first kappa shape index (κ1) is 17.7. The largest absolute Gasteiger partial charge is 0.321 e. The second kappa shape index (κ2) is 6.20. The third-order valence-corrected chi connectivity index (χ3v) is 6.94. The predicted molar refractivity (Wildman–Crippen MR) is 101 cm³/mol. The molecule has 6 nitrogen and oxygen atoms in total. The number of nitrogens with zero attached hydrogens (tertiary/aromatic N) is 1. The Labute approximate surface area is 158 Å². The van der Waals surface area contributed by atoms with Gasteiger partial charge in [0.05, 0.1) is 5.56 Å². The topological polar surface area (TPSA) is 83.6 Å². The van der Waals surface area contributed by atoms with Gasteiger partial charge in [0.15, 0.2) is 0 Å². The Balaban J connectivity index is 1.69.